The SMILES string of the molecule is CCOC(=O)[C@H]1CC[C@H](N)CO1. The monoisotopic (exact) mass is 173 g/mol. The summed E-state index contributed by atoms with van der Waals surface area (Å²) in [6.07, 6.45) is 1.13. The van der Waals surface area contributed by atoms with Crippen LogP contribution in [0.15, 0.2) is 0 Å². The smallest absolute Gasteiger partial charge is 0.335 e. The van der Waals surface area contributed by atoms with Gasteiger partial charge >= 0.3 is 5.97 Å². The highest BCUT2D eigenvalue weighted by Gasteiger charge is 2.25. The molecule has 1 rings (SSSR count). The minimum absolute atomic E-state index is 0.0793. The maximum Gasteiger partial charge on any atom is 0.335 e. The first-order valence-electron chi connectivity index (χ1n) is 4.28. The third-order valence-corrected chi connectivity index (χ3v) is 1.86. The van der Waals surface area contributed by atoms with Gasteiger partial charge in [-0.25, -0.2) is 4.79 Å². The molecule has 0 saturated carbocycles. The van der Waals surface area contributed by atoms with Gasteiger partial charge in [0.2, 0.25) is 0 Å². The van der Waals surface area contributed by atoms with Crippen molar-refractivity contribution in [3.05, 3.63) is 0 Å². The fraction of sp³-hybridized carbons (Fsp3) is 0.875. The van der Waals surface area contributed by atoms with Crippen LogP contribution in [0.5, 0.6) is 0 Å². The van der Waals surface area contributed by atoms with Gasteiger partial charge in [-0.2, -0.15) is 0 Å². The van der Waals surface area contributed by atoms with E-state index in [1.54, 1.807) is 6.92 Å². The largest absolute Gasteiger partial charge is 0.464 e. The highest BCUT2D eigenvalue weighted by atomic mass is 16.6. The van der Waals surface area contributed by atoms with Crippen molar-refractivity contribution in [2.75, 3.05) is 13.2 Å². The number of ether oxygens (including phenoxy) is 2. The molecule has 1 heterocycles. The Hall–Kier alpha value is -0.610. The first-order valence-corrected chi connectivity index (χ1v) is 4.28. The quantitative estimate of drug-likeness (QED) is 0.600. The van der Waals surface area contributed by atoms with Gasteiger partial charge in [0.1, 0.15) is 0 Å². The van der Waals surface area contributed by atoms with E-state index in [2.05, 4.69) is 0 Å². The number of rotatable bonds is 2. The molecule has 2 atom stereocenters. The Balaban J connectivity index is 2.29. The van der Waals surface area contributed by atoms with Crippen LogP contribution in [0.3, 0.4) is 0 Å². The maximum absolute atomic E-state index is 11.1. The van der Waals surface area contributed by atoms with Gasteiger partial charge in [-0.3, -0.25) is 0 Å². The summed E-state index contributed by atoms with van der Waals surface area (Å²) in [5, 5.41) is 0. The second-order valence-corrected chi connectivity index (χ2v) is 2.91. The van der Waals surface area contributed by atoms with Crippen molar-refractivity contribution in [3.63, 3.8) is 0 Å². The van der Waals surface area contributed by atoms with E-state index in [0.29, 0.717) is 19.6 Å². The molecule has 4 heteroatoms. The summed E-state index contributed by atoms with van der Waals surface area (Å²) in [6, 6.07) is 0.0793. The van der Waals surface area contributed by atoms with Gasteiger partial charge in [-0.15, -0.1) is 0 Å². The van der Waals surface area contributed by atoms with Crippen LogP contribution >= 0.6 is 0 Å². The Labute approximate surface area is 72.0 Å². The highest BCUT2D eigenvalue weighted by molar-refractivity contribution is 5.74. The van der Waals surface area contributed by atoms with E-state index >= 15 is 0 Å². The molecular formula is C8H15NO3. The Morgan fingerprint density at radius 1 is 1.67 bits per heavy atom. The third-order valence-electron chi connectivity index (χ3n) is 1.86. The normalized spacial score (nSPS) is 29.8. The van der Waals surface area contributed by atoms with Crippen molar-refractivity contribution in [2.24, 2.45) is 5.73 Å². The Bertz CT molecular complexity index is 152. The lowest BCUT2D eigenvalue weighted by Gasteiger charge is -2.24. The molecule has 12 heavy (non-hydrogen) atoms. The molecule has 1 fully saturated rings. The molecule has 0 aromatic rings. The number of hydrogen-bond donors (Lipinski definition) is 1. The number of nitrogens with two attached hydrogens (primary N) is 1. The number of hydrogen-bond acceptors (Lipinski definition) is 4. The van der Waals surface area contributed by atoms with E-state index in [1.165, 1.54) is 0 Å². The Kier molecular flexibility index (Phi) is 3.49. The third kappa shape index (κ3) is 2.46. The predicted octanol–water partition coefficient (Wildman–Crippen LogP) is 0.0558. The van der Waals surface area contributed by atoms with Crippen molar-refractivity contribution in [1.29, 1.82) is 0 Å². The number of carbonyl (C=O) groups is 1. The molecule has 2 N–H and O–H groups in total. The first kappa shape index (κ1) is 9.48. The zero-order chi connectivity index (χ0) is 8.97. The average molecular weight is 173 g/mol. The summed E-state index contributed by atoms with van der Waals surface area (Å²) in [5.41, 5.74) is 5.59. The molecule has 0 spiro atoms. The topological polar surface area (TPSA) is 61.5 Å². The number of esters is 1. The lowest BCUT2D eigenvalue weighted by atomic mass is 10.1. The first-order chi connectivity index (χ1) is 5.74. The van der Waals surface area contributed by atoms with E-state index < -0.39 is 0 Å². The van der Waals surface area contributed by atoms with Crippen molar-refractivity contribution in [2.45, 2.75) is 31.9 Å². The maximum atomic E-state index is 11.1. The van der Waals surface area contributed by atoms with E-state index in [-0.39, 0.29) is 18.1 Å². The molecule has 1 aliphatic rings. The second kappa shape index (κ2) is 4.42. The molecular weight excluding hydrogens is 158 g/mol. The molecule has 1 aliphatic heterocycles. The number of carbonyl (C=O) groups excluding carboxylic acids is 1. The van der Waals surface area contributed by atoms with Gasteiger partial charge in [0.25, 0.3) is 0 Å². The molecule has 0 bridgehead atoms. The summed E-state index contributed by atoms with van der Waals surface area (Å²) in [4.78, 5) is 11.1. The van der Waals surface area contributed by atoms with Crippen LogP contribution in [0.4, 0.5) is 0 Å². The van der Waals surface area contributed by atoms with Crippen LogP contribution in [-0.4, -0.2) is 31.3 Å². The molecule has 0 radical (unpaired) electrons. The minimum atomic E-state index is -0.384. The molecule has 4 nitrogen and oxygen atoms in total. The molecule has 0 amide bonds. The molecule has 0 unspecified atom stereocenters. The Morgan fingerprint density at radius 2 is 2.42 bits per heavy atom. The van der Waals surface area contributed by atoms with Gasteiger partial charge in [-0.1, -0.05) is 0 Å². The van der Waals surface area contributed by atoms with Crippen LogP contribution in [0.2, 0.25) is 0 Å². The van der Waals surface area contributed by atoms with Crippen LogP contribution in [0.1, 0.15) is 19.8 Å². The summed E-state index contributed by atoms with van der Waals surface area (Å²) in [5.74, 6) is -0.260. The summed E-state index contributed by atoms with van der Waals surface area (Å²) < 4.78 is 10.0. The fourth-order valence-corrected chi connectivity index (χ4v) is 1.19. The average Bonchev–Trinajstić information content (AvgIpc) is 2.06. The van der Waals surface area contributed by atoms with Gasteiger partial charge in [0.05, 0.1) is 13.2 Å². The summed E-state index contributed by atoms with van der Waals surface area (Å²) >= 11 is 0. The minimum Gasteiger partial charge on any atom is -0.464 e. The Morgan fingerprint density at radius 3 is 2.92 bits per heavy atom. The molecule has 1 saturated heterocycles. The summed E-state index contributed by atoms with van der Waals surface area (Å²) in [6.45, 7) is 2.65. The van der Waals surface area contributed by atoms with Crippen molar-refractivity contribution >= 4 is 5.97 Å². The van der Waals surface area contributed by atoms with Crippen LogP contribution in [-0.2, 0) is 14.3 Å². The zero-order valence-corrected chi connectivity index (χ0v) is 7.29. The van der Waals surface area contributed by atoms with E-state index in [1.807, 2.05) is 0 Å². The van der Waals surface area contributed by atoms with Gasteiger partial charge < -0.3 is 15.2 Å². The van der Waals surface area contributed by atoms with Crippen molar-refractivity contribution in [1.82, 2.24) is 0 Å². The lowest BCUT2D eigenvalue weighted by molar-refractivity contribution is -0.159. The zero-order valence-electron chi connectivity index (χ0n) is 7.29. The van der Waals surface area contributed by atoms with E-state index in [0.717, 1.165) is 6.42 Å². The highest BCUT2D eigenvalue weighted by Crippen LogP contribution is 2.13. The van der Waals surface area contributed by atoms with Gasteiger partial charge in [0.15, 0.2) is 6.10 Å². The fourth-order valence-electron chi connectivity index (χ4n) is 1.19. The van der Waals surface area contributed by atoms with Crippen LogP contribution in [0, 0.1) is 0 Å². The lowest BCUT2D eigenvalue weighted by Crippen LogP contribution is -2.39. The van der Waals surface area contributed by atoms with Crippen molar-refractivity contribution < 1.29 is 14.3 Å². The van der Waals surface area contributed by atoms with Gasteiger partial charge in [-0.05, 0) is 19.8 Å². The van der Waals surface area contributed by atoms with E-state index in [9.17, 15) is 4.79 Å². The molecule has 0 aromatic carbocycles. The molecule has 0 aromatic heterocycles. The van der Waals surface area contributed by atoms with Crippen LogP contribution < -0.4 is 5.73 Å². The van der Waals surface area contributed by atoms with E-state index in [4.69, 9.17) is 15.2 Å². The van der Waals surface area contributed by atoms with Crippen molar-refractivity contribution in [3.8, 4) is 0 Å². The van der Waals surface area contributed by atoms with Crippen LogP contribution in [0.25, 0.3) is 0 Å². The van der Waals surface area contributed by atoms with Gasteiger partial charge in [0, 0.05) is 6.04 Å². The predicted molar refractivity (Wildman–Crippen MR) is 43.6 cm³/mol. The standard InChI is InChI=1S/C8H15NO3/c1-2-11-8(10)7-4-3-6(9)5-12-7/h6-7H,2-5,9H2,1H3/t6-,7+/m0/s1. The summed E-state index contributed by atoms with van der Waals surface area (Å²) in [7, 11) is 0. The second-order valence-electron chi connectivity index (χ2n) is 2.91. The molecule has 0 aliphatic carbocycles. The molecule has 70 valence electrons.